The Hall–Kier alpha value is -0.790. The molecule has 0 aliphatic carbocycles. The predicted octanol–water partition coefficient (Wildman–Crippen LogP) is 0.715. The largest absolute Gasteiger partial charge is 0.428 e. The molecule has 0 amide bonds. The summed E-state index contributed by atoms with van der Waals surface area (Å²) in [6.45, 7) is 1.33. The lowest BCUT2D eigenvalue weighted by Crippen LogP contribution is -2.38. The minimum absolute atomic E-state index is 0.262. The van der Waals surface area contributed by atoms with Gasteiger partial charge in [-0.3, -0.25) is 9.69 Å². The fraction of sp³-hybridized carbons (Fsp3) is 0.375. The van der Waals surface area contributed by atoms with E-state index in [-0.39, 0.29) is 12.5 Å². The van der Waals surface area contributed by atoms with Crippen LogP contribution in [0.4, 0.5) is 0 Å². The average Bonchev–Trinajstić information content (AvgIpc) is 2.04. The maximum Gasteiger partial charge on any atom is 0.325 e. The van der Waals surface area contributed by atoms with Crippen molar-refractivity contribution >= 4 is 21.9 Å². The molecule has 0 saturated carbocycles. The number of nitrogens with zero attached hydrogens (tertiary/aromatic N) is 1. The van der Waals surface area contributed by atoms with E-state index in [4.69, 9.17) is 11.2 Å². The fourth-order valence-electron chi connectivity index (χ4n) is 0.967. The van der Waals surface area contributed by atoms with Crippen molar-refractivity contribution in [3.63, 3.8) is 0 Å². The zero-order chi connectivity index (χ0) is 8.97. The lowest BCUT2D eigenvalue weighted by molar-refractivity contribution is -0.144. The zero-order valence-electron chi connectivity index (χ0n) is 6.42. The minimum atomic E-state index is -0.262. The van der Waals surface area contributed by atoms with Gasteiger partial charge < -0.3 is 4.74 Å². The molecule has 1 saturated heterocycles. The van der Waals surface area contributed by atoms with Crippen LogP contribution in [0.25, 0.3) is 0 Å². The zero-order valence-corrected chi connectivity index (χ0v) is 8.00. The van der Waals surface area contributed by atoms with Gasteiger partial charge in [0, 0.05) is 4.99 Å². The molecular weight excluding hydrogens is 222 g/mol. The number of carbonyl (C=O) groups is 1. The predicted molar refractivity (Wildman–Crippen MR) is 48.4 cm³/mol. The first-order chi connectivity index (χ1) is 5.76. The molecule has 1 aliphatic heterocycles. The van der Waals surface area contributed by atoms with E-state index in [2.05, 4.69) is 21.9 Å². The molecule has 0 spiro atoms. The maximum absolute atomic E-state index is 10.9. The van der Waals surface area contributed by atoms with Gasteiger partial charge in [-0.15, -0.1) is 6.42 Å². The van der Waals surface area contributed by atoms with Gasteiger partial charge in [0.2, 0.25) is 0 Å². The third-order valence-electron chi connectivity index (χ3n) is 1.41. The molecule has 0 aromatic rings. The van der Waals surface area contributed by atoms with Gasteiger partial charge in [0.1, 0.15) is 5.76 Å². The Morgan fingerprint density at radius 1 is 1.75 bits per heavy atom. The second-order valence-electron chi connectivity index (χ2n) is 2.40. The number of carbonyl (C=O) groups excluding carboxylic acids is 1. The molecule has 1 heterocycles. The first-order valence-corrected chi connectivity index (χ1v) is 4.33. The van der Waals surface area contributed by atoms with Crippen LogP contribution < -0.4 is 0 Å². The molecule has 3 nitrogen and oxygen atoms in total. The molecule has 0 atom stereocenters. The Bertz CT molecular complexity index is 254. The summed E-state index contributed by atoms with van der Waals surface area (Å²) >= 11 is 3.10. The van der Waals surface area contributed by atoms with Gasteiger partial charge in [-0.05, 0) is 0 Å². The molecule has 1 aliphatic rings. The van der Waals surface area contributed by atoms with Gasteiger partial charge in [-0.25, -0.2) is 0 Å². The van der Waals surface area contributed by atoms with Crippen LogP contribution in [0.3, 0.4) is 0 Å². The van der Waals surface area contributed by atoms with Crippen LogP contribution in [0.2, 0.25) is 0 Å². The van der Waals surface area contributed by atoms with Crippen LogP contribution in [-0.4, -0.2) is 30.5 Å². The highest BCUT2D eigenvalue weighted by Crippen LogP contribution is 2.10. The number of cyclic esters (lactones) is 1. The number of rotatable bonds is 1. The Morgan fingerprint density at radius 2 is 2.50 bits per heavy atom. The summed E-state index contributed by atoms with van der Waals surface area (Å²) in [5, 5.41) is 0. The molecule has 1 rings (SSSR count). The van der Waals surface area contributed by atoms with E-state index in [9.17, 15) is 4.79 Å². The van der Waals surface area contributed by atoms with E-state index in [0.717, 1.165) is 0 Å². The first kappa shape index (κ1) is 9.30. The summed E-state index contributed by atoms with van der Waals surface area (Å²) in [4.78, 5) is 14.3. The van der Waals surface area contributed by atoms with Crippen LogP contribution in [-0.2, 0) is 9.53 Å². The Morgan fingerprint density at radius 3 is 3.08 bits per heavy atom. The van der Waals surface area contributed by atoms with Gasteiger partial charge in [0.05, 0.1) is 19.6 Å². The minimum Gasteiger partial charge on any atom is -0.428 e. The molecule has 12 heavy (non-hydrogen) atoms. The molecule has 1 fully saturated rings. The maximum atomic E-state index is 10.9. The molecule has 4 heteroatoms. The Balaban J connectivity index is 2.58. The molecule has 0 unspecified atom stereocenters. The third-order valence-corrected chi connectivity index (χ3v) is 1.92. The van der Waals surface area contributed by atoms with Crippen molar-refractivity contribution in [1.82, 2.24) is 4.90 Å². The summed E-state index contributed by atoms with van der Waals surface area (Å²) in [5.41, 5.74) is 0. The highest BCUT2D eigenvalue weighted by Gasteiger charge is 2.20. The van der Waals surface area contributed by atoms with Crippen LogP contribution in [0.1, 0.15) is 0 Å². The monoisotopic (exact) mass is 229 g/mol. The van der Waals surface area contributed by atoms with Crippen molar-refractivity contribution in [3.05, 3.63) is 10.7 Å². The molecule has 64 valence electrons. The Labute approximate surface area is 79.5 Å². The van der Waals surface area contributed by atoms with E-state index in [1.54, 1.807) is 4.99 Å². The second kappa shape index (κ2) is 4.29. The summed E-state index contributed by atoms with van der Waals surface area (Å²) in [7, 11) is 0. The molecular formula is C8H8BrNO2. The van der Waals surface area contributed by atoms with Crippen molar-refractivity contribution in [2.24, 2.45) is 0 Å². The lowest BCUT2D eigenvalue weighted by atomic mass is 10.3. The number of esters is 1. The standard InChI is InChI=1S/C8H8BrNO2/c1-2-3-10-5-7(4-9)12-8(11)6-10/h1,4H,3,5-6H2/b7-4+. The fourth-order valence-corrected chi connectivity index (χ4v) is 1.21. The topological polar surface area (TPSA) is 29.5 Å². The number of hydrogen-bond acceptors (Lipinski definition) is 3. The van der Waals surface area contributed by atoms with E-state index in [1.165, 1.54) is 0 Å². The van der Waals surface area contributed by atoms with Gasteiger partial charge in [-0.2, -0.15) is 0 Å². The van der Waals surface area contributed by atoms with Gasteiger partial charge in [0.25, 0.3) is 0 Å². The summed E-state index contributed by atoms with van der Waals surface area (Å²) < 4.78 is 4.88. The number of hydrogen-bond donors (Lipinski definition) is 0. The molecule has 0 aromatic heterocycles. The lowest BCUT2D eigenvalue weighted by Gasteiger charge is -2.24. The van der Waals surface area contributed by atoms with E-state index >= 15 is 0 Å². The average molecular weight is 230 g/mol. The molecule has 0 bridgehead atoms. The summed E-state index contributed by atoms with van der Waals surface area (Å²) in [6.07, 6.45) is 5.12. The number of halogens is 1. The van der Waals surface area contributed by atoms with Crippen LogP contribution in [0.5, 0.6) is 0 Å². The third kappa shape index (κ3) is 2.36. The van der Waals surface area contributed by atoms with E-state index in [1.807, 2.05) is 4.90 Å². The van der Waals surface area contributed by atoms with Crippen molar-refractivity contribution in [2.45, 2.75) is 0 Å². The quantitative estimate of drug-likeness (QED) is 0.491. The number of terminal acetylenes is 1. The first-order valence-electron chi connectivity index (χ1n) is 3.42. The highest BCUT2D eigenvalue weighted by molar-refractivity contribution is 9.11. The van der Waals surface area contributed by atoms with Gasteiger partial charge in [0.15, 0.2) is 0 Å². The molecule has 0 N–H and O–H groups in total. The van der Waals surface area contributed by atoms with Gasteiger partial charge in [-0.1, -0.05) is 21.9 Å². The second-order valence-corrected chi connectivity index (χ2v) is 2.86. The van der Waals surface area contributed by atoms with Crippen molar-refractivity contribution in [1.29, 1.82) is 0 Å². The van der Waals surface area contributed by atoms with Crippen molar-refractivity contribution < 1.29 is 9.53 Å². The number of ether oxygens (including phenoxy) is 1. The summed E-state index contributed by atoms with van der Waals surface area (Å²) in [5.74, 6) is 2.81. The van der Waals surface area contributed by atoms with Crippen LogP contribution in [0, 0.1) is 12.3 Å². The highest BCUT2D eigenvalue weighted by atomic mass is 79.9. The van der Waals surface area contributed by atoms with Crippen LogP contribution in [0.15, 0.2) is 10.7 Å². The van der Waals surface area contributed by atoms with E-state index < -0.39 is 0 Å². The number of morpholine rings is 1. The van der Waals surface area contributed by atoms with Crippen molar-refractivity contribution in [3.8, 4) is 12.3 Å². The SMILES string of the molecule is C#CCN1CC(=O)O/C(=C/Br)C1. The van der Waals surface area contributed by atoms with Crippen molar-refractivity contribution in [2.75, 3.05) is 19.6 Å². The summed E-state index contributed by atoms with van der Waals surface area (Å²) in [6, 6.07) is 0. The normalized spacial score (nSPS) is 22.0. The molecule has 0 aromatic carbocycles. The smallest absolute Gasteiger partial charge is 0.325 e. The van der Waals surface area contributed by atoms with Gasteiger partial charge >= 0.3 is 5.97 Å². The van der Waals surface area contributed by atoms with Crippen LogP contribution >= 0.6 is 15.9 Å². The Kier molecular flexibility index (Phi) is 3.32. The van der Waals surface area contributed by atoms with E-state index in [0.29, 0.717) is 18.8 Å². The molecule has 0 radical (unpaired) electrons.